The summed E-state index contributed by atoms with van der Waals surface area (Å²) in [6, 6.07) is 14.3. The Balaban J connectivity index is 2.19. The Hall–Kier alpha value is -0.870. The quantitative estimate of drug-likeness (QED) is 0.648. The summed E-state index contributed by atoms with van der Waals surface area (Å²) in [6.45, 7) is 2.00. The number of hydrazine groups is 1. The van der Waals surface area contributed by atoms with Crippen molar-refractivity contribution in [2.45, 2.75) is 19.4 Å². The minimum atomic E-state index is 0.0807. The van der Waals surface area contributed by atoms with Crippen LogP contribution in [0.15, 0.2) is 46.9 Å². The van der Waals surface area contributed by atoms with E-state index in [0.717, 1.165) is 27.0 Å². The second-order valence-corrected chi connectivity index (χ2v) is 5.88. The summed E-state index contributed by atoms with van der Waals surface area (Å²) in [5.41, 5.74) is 6.32. The number of halogens is 2. The smallest absolute Gasteiger partial charge is 0.0500 e. The molecule has 0 heterocycles. The van der Waals surface area contributed by atoms with Crippen LogP contribution >= 0.6 is 27.5 Å². The van der Waals surface area contributed by atoms with Gasteiger partial charge in [0.05, 0.1) is 0 Å². The molecule has 100 valence electrons. The van der Waals surface area contributed by atoms with Crippen LogP contribution < -0.4 is 11.3 Å². The van der Waals surface area contributed by atoms with E-state index in [-0.39, 0.29) is 6.04 Å². The van der Waals surface area contributed by atoms with Crippen LogP contribution in [0.25, 0.3) is 0 Å². The van der Waals surface area contributed by atoms with Crippen molar-refractivity contribution in [3.8, 4) is 0 Å². The molecule has 0 aromatic heterocycles. The summed E-state index contributed by atoms with van der Waals surface area (Å²) in [7, 11) is 0. The normalized spacial score (nSPS) is 12.4. The number of nitrogens with two attached hydrogens (primary N) is 1. The zero-order chi connectivity index (χ0) is 13.8. The van der Waals surface area contributed by atoms with Crippen LogP contribution in [0.1, 0.15) is 22.7 Å². The van der Waals surface area contributed by atoms with Crippen molar-refractivity contribution >= 4 is 27.5 Å². The summed E-state index contributed by atoms with van der Waals surface area (Å²) in [5, 5.41) is 0.781. The van der Waals surface area contributed by atoms with Crippen molar-refractivity contribution in [2.24, 2.45) is 5.84 Å². The van der Waals surface area contributed by atoms with Crippen molar-refractivity contribution in [2.75, 3.05) is 0 Å². The lowest BCUT2D eigenvalue weighted by Gasteiger charge is -2.17. The second-order valence-electron chi connectivity index (χ2n) is 4.56. The van der Waals surface area contributed by atoms with Gasteiger partial charge in [-0.3, -0.25) is 11.3 Å². The number of nitrogens with one attached hydrogen (secondary N) is 1. The average Bonchev–Trinajstić information content (AvgIpc) is 2.41. The Labute approximate surface area is 127 Å². The third kappa shape index (κ3) is 3.80. The number of hydrogen-bond donors (Lipinski definition) is 2. The molecule has 0 saturated heterocycles. The molecule has 2 aromatic carbocycles. The summed E-state index contributed by atoms with van der Waals surface area (Å²) in [6.07, 6.45) is 0.838. The van der Waals surface area contributed by atoms with E-state index in [0.29, 0.717) is 0 Å². The van der Waals surface area contributed by atoms with Crippen LogP contribution in [0.2, 0.25) is 5.02 Å². The molecule has 2 rings (SSSR count). The van der Waals surface area contributed by atoms with Gasteiger partial charge in [0, 0.05) is 15.5 Å². The first kappa shape index (κ1) is 14.5. The summed E-state index contributed by atoms with van der Waals surface area (Å²) < 4.78 is 1.08. The van der Waals surface area contributed by atoms with Crippen LogP contribution in [0.4, 0.5) is 0 Å². The topological polar surface area (TPSA) is 38.0 Å². The number of aryl methyl sites for hydroxylation is 1. The molecule has 19 heavy (non-hydrogen) atoms. The number of hydrogen-bond acceptors (Lipinski definition) is 2. The molecule has 0 bridgehead atoms. The maximum atomic E-state index is 6.05. The predicted octanol–water partition coefficient (Wildman–Crippen LogP) is 4.16. The van der Waals surface area contributed by atoms with Crippen molar-refractivity contribution < 1.29 is 0 Å². The molecule has 4 heteroatoms. The number of rotatable bonds is 4. The van der Waals surface area contributed by atoms with Gasteiger partial charge in [-0.1, -0.05) is 51.8 Å². The van der Waals surface area contributed by atoms with Crippen molar-refractivity contribution in [1.82, 2.24) is 5.43 Å². The first-order chi connectivity index (χ1) is 9.10. The zero-order valence-electron chi connectivity index (χ0n) is 10.7. The fourth-order valence-corrected chi connectivity index (χ4v) is 2.40. The fourth-order valence-electron chi connectivity index (χ4n) is 2.01. The summed E-state index contributed by atoms with van der Waals surface area (Å²) in [4.78, 5) is 0. The standard InChI is InChI=1S/C15H16BrClN2/c1-10-8-12(4-7-14(10)17)15(19-18)9-11-2-5-13(16)6-3-11/h2-8,15,19H,9,18H2,1H3. The zero-order valence-corrected chi connectivity index (χ0v) is 13.0. The SMILES string of the molecule is Cc1cc(C(Cc2ccc(Br)cc2)NN)ccc1Cl. The lowest BCUT2D eigenvalue weighted by atomic mass is 9.98. The van der Waals surface area contributed by atoms with E-state index >= 15 is 0 Å². The van der Waals surface area contributed by atoms with Gasteiger partial charge in [-0.05, 0) is 48.2 Å². The molecule has 0 fully saturated rings. The maximum absolute atomic E-state index is 6.05. The highest BCUT2D eigenvalue weighted by Crippen LogP contribution is 2.23. The molecule has 1 unspecified atom stereocenters. The molecular weight excluding hydrogens is 324 g/mol. The van der Waals surface area contributed by atoms with Gasteiger partial charge in [0.1, 0.15) is 0 Å². The molecule has 3 N–H and O–H groups in total. The van der Waals surface area contributed by atoms with Gasteiger partial charge in [0.15, 0.2) is 0 Å². The van der Waals surface area contributed by atoms with E-state index in [4.69, 9.17) is 17.4 Å². The largest absolute Gasteiger partial charge is 0.271 e. The Kier molecular flexibility index (Phi) is 4.99. The van der Waals surface area contributed by atoms with Crippen LogP contribution in [0.3, 0.4) is 0 Å². The van der Waals surface area contributed by atoms with Crippen molar-refractivity contribution in [3.63, 3.8) is 0 Å². The molecule has 0 saturated carbocycles. The van der Waals surface area contributed by atoms with E-state index in [1.807, 2.05) is 31.2 Å². The van der Waals surface area contributed by atoms with Gasteiger partial charge in [-0.2, -0.15) is 0 Å². The van der Waals surface area contributed by atoms with Crippen LogP contribution in [-0.4, -0.2) is 0 Å². The predicted molar refractivity (Wildman–Crippen MR) is 84.1 cm³/mol. The molecule has 0 aliphatic carbocycles. The van der Waals surface area contributed by atoms with Crippen LogP contribution in [0.5, 0.6) is 0 Å². The molecule has 2 nitrogen and oxygen atoms in total. The highest BCUT2D eigenvalue weighted by Gasteiger charge is 2.11. The minimum Gasteiger partial charge on any atom is -0.271 e. The average molecular weight is 340 g/mol. The lowest BCUT2D eigenvalue weighted by molar-refractivity contribution is 0.551. The van der Waals surface area contributed by atoms with E-state index in [9.17, 15) is 0 Å². The molecule has 0 aliphatic heterocycles. The van der Waals surface area contributed by atoms with Gasteiger partial charge in [0.25, 0.3) is 0 Å². The number of benzene rings is 2. The van der Waals surface area contributed by atoms with E-state index in [1.165, 1.54) is 5.56 Å². The Morgan fingerprint density at radius 2 is 1.89 bits per heavy atom. The van der Waals surface area contributed by atoms with Gasteiger partial charge in [-0.15, -0.1) is 0 Å². The molecule has 1 atom stereocenters. The molecule has 0 amide bonds. The van der Waals surface area contributed by atoms with Gasteiger partial charge in [-0.25, -0.2) is 0 Å². The Morgan fingerprint density at radius 3 is 2.47 bits per heavy atom. The Morgan fingerprint density at radius 1 is 1.21 bits per heavy atom. The first-order valence-electron chi connectivity index (χ1n) is 6.07. The second kappa shape index (κ2) is 6.53. The fraction of sp³-hybridized carbons (Fsp3) is 0.200. The van der Waals surface area contributed by atoms with E-state index in [1.54, 1.807) is 0 Å². The van der Waals surface area contributed by atoms with Gasteiger partial charge >= 0.3 is 0 Å². The molecule has 0 spiro atoms. The van der Waals surface area contributed by atoms with Crippen LogP contribution in [0, 0.1) is 6.92 Å². The van der Waals surface area contributed by atoms with E-state index in [2.05, 4.69) is 39.6 Å². The highest BCUT2D eigenvalue weighted by atomic mass is 79.9. The molecule has 2 aromatic rings. The third-order valence-corrected chi connectivity index (χ3v) is 4.09. The molecular formula is C15H16BrClN2. The van der Waals surface area contributed by atoms with Gasteiger partial charge < -0.3 is 0 Å². The van der Waals surface area contributed by atoms with E-state index < -0.39 is 0 Å². The van der Waals surface area contributed by atoms with Gasteiger partial charge in [0.2, 0.25) is 0 Å². The monoisotopic (exact) mass is 338 g/mol. The van der Waals surface area contributed by atoms with Crippen molar-refractivity contribution in [1.29, 1.82) is 0 Å². The Bertz CT molecular complexity index is 555. The summed E-state index contributed by atoms with van der Waals surface area (Å²) >= 11 is 9.49. The summed E-state index contributed by atoms with van der Waals surface area (Å²) in [5.74, 6) is 5.68. The third-order valence-electron chi connectivity index (χ3n) is 3.14. The maximum Gasteiger partial charge on any atom is 0.0500 e. The minimum absolute atomic E-state index is 0.0807. The van der Waals surface area contributed by atoms with Crippen molar-refractivity contribution in [3.05, 3.63) is 68.7 Å². The highest BCUT2D eigenvalue weighted by molar-refractivity contribution is 9.10. The molecule has 0 radical (unpaired) electrons. The van der Waals surface area contributed by atoms with Crippen LogP contribution in [-0.2, 0) is 6.42 Å². The first-order valence-corrected chi connectivity index (χ1v) is 7.24. The lowest BCUT2D eigenvalue weighted by Crippen LogP contribution is -2.29. The molecule has 0 aliphatic rings.